The fraction of sp³-hybridized carbons (Fsp3) is 0.857. The van der Waals surface area contributed by atoms with Gasteiger partial charge in [0.05, 0.1) is 19.3 Å². The third-order valence-corrected chi connectivity index (χ3v) is 2.86. The van der Waals surface area contributed by atoms with E-state index >= 15 is 0 Å². The Balaban J connectivity index is 4.48. The standard InChI is InChI=1S/C14H26O5/c1-5-8-11(17-4)9-10-12(13(15)18-6-2)14(16)19-7-3/h11-12H,5-10H2,1-4H3. The van der Waals surface area contributed by atoms with Crippen molar-refractivity contribution in [2.24, 2.45) is 5.92 Å². The lowest BCUT2D eigenvalue weighted by atomic mass is 9.99. The summed E-state index contributed by atoms with van der Waals surface area (Å²) >= 11 is 0. The number of esters is 2. The van der Waals surface area contributed by atoms with Crippen molar-refractivity contribution in [1.82, 2.24) is 0 Å². The van der Waals surface area contributed by atoms with Crippen molar-refractivity contribution in [3.63, 3.8) is 0 Å². The van der Waals surface area contributed by atoms with Gasteiger partial charge in [0, 0.05) is 7.11 Å². The van der Waals surface area contributed by atoms with Crippen molar-refractivity contribution in [1.29, 1.82) is 0 Å². The molecule has 1 unspecified atom stereocenters. The average molecular weight is 274 g/mol. The average Bonchev–Trinajstić information content (AvgIpc) is 2.38. The fourth-order valence-electron chi connectivity index (χ4n) is 1.87. The van der Waals surface area contributed by atoms with Crippen LogP contribution in [0.15, 0.2) is 0 Å². The smallest absolute Gasteiger partial charge is 0.320 e. The maximum absolute atomic E-state index is 11.8. The summed E-state index contributed by atoms with van der Waals surface area (Å²) in [5.41, 5.74) is 0. The van der Waals surface area contributed by atoms with Crippen LogP contribution in [-0.2, 0) is 23.8 Å². The predicted octanol–water partition coefficient (Wildman–Crippen LogP) is 2.32. The van der Waals surface area contributed by atoms with Gasteiger partial charge < -0.3 is 14.2 Å². The molecule has 0 bridgehead atoms. The van der Waals surface area contributed by atoms with E-state index < -0.39 is 17.9 Å². The first-order chi connectivity index (χ1) is 9.10. The van der Waals surface area contributed by atoms with Gasteiger partial charge in [0.1, 0.15) is 0 Å². The van der Waals surface area contributed by atoms with E-state index in [1.807, 2.05) is 0 Å². The van der Waals surface area contributed by atoms with Gasteiger partial charge in [-0.1, -0.05) is 13.3 Å². The van der Waals surface area contributed by atoms with Gasteiger partial charge in [0.25, 0.3) is 0 Å². The van der Waals surface area contributed by atoms with E-state index in [-0.39, 0.29) is 19.3 Å². The van der Waals surface area contributed by atoms with Crippen molar-refractivity contribution in [3.05, 3.63) is 0 Å². The largest absolute Gasteiger partial charge is 0.465 e. The molecule has 0 aromatic rings. The fourth-order valence-corrected chi connectivity index (χ4v) is 1.87. The molecule has 0 saturated carbocycles. The number of methoxy groups -OCH3 is 1. The van der Waals surface area contributed by atoms with E-state index in [1.54, 1.807) is 21.0 Å². The monoisotopic (exact) mass is 274 g/mol. The van der Waals surface area contributed by atoms with Crippen molar-refractivity contribution in [2.75, 3.05) is 20.3 Å². The third kappa shape index (κ3) is 7.15. The first kappa shape index (κ1) is 17.9. The third-order valence-electron chi connectivity index (χ3n) is 2.86. The number of carbonyl (C=O) groups is 2. The summed E-state index contributed by atoms with van der Waals surface area (Å²) in [5, 5.41) is 0. The molecule has 0 rings (SSSR count). The molecule has 0 aliphatic heterocycles. The van der Waals surface area contributed by atoms with E-state index in [0.717, 1.165) is 12.8 Å². The van der Waals surface area contributed by atoms with Crippen LogP contribution in [-0.4, -0.2) is 38.4 Å². The normalized spacial score (nSPS) is 12.3. The topological polar surface area (TPSA) is 61.8 Å². The molecule has 5 heteroatoms. The molecule has 0 heterocycles. The van der Waals surface area contributed by atoms with Gasteiger partial charge in [-0.2, -0.15) is 0 Å². The minimum absolute atomic E-state index is 0.0661. The Morgan fingerprint density at radius 1 is 0.895 bits per heavy atom. The number of hydrogen-bond donors (Lipinski definition) is 0. The second-order valence-corrected chi connectivity index (χ2v) is 4.28. The zero-order valence-corrected chi connectivity index (χ0v) is 12.4. The van der Waals surface area contributed by atoms with Gasteiger partial charge in [-0.3, -0.25) is 9.59 Å². The molecule has 0 amide bonds. The molecule has 0 radical (unpaired) electrons. The minimum atomic E-state index is -0.839. The van der Waals surface area contributed by atoms with E-state index in [4.69, 9.17) is 14.2 Å². The zero-order valence-electron chi connectivity index (χ0n) is 12.4. The van der Waals surface area contributed by atoms with Crippen molar-refractivity contribution in [2.45, 2.75) is 52.6 Å². The lowest BCUT2D eigenvalue weighted by Crippen LogP contribution is -2.29. The summed E-state index contributed by atoms with van der Waals surface area (Å²) in [7, 11) is 1.64. The van der Waals surface area contributed by atoms with Crippen LogP contribution >= 0.6 is 0 Å². The van der Waals surface area contributed by atoms with Gasteiger partial charge in [-0.05, 0) is 33.1 Å². The molecule has 0 fully saturated rings. The number of carbonyl (C=O) groups excluding carboxylic acids is 2. The molecule has 0 aromatic heterocycles. The molecule has 112 valence electrons. The van der Waals surface area contributed by atoms with Crippen LogP contribution in [0.2, 0.25) is 0 Å². The Labute approximate surface area is 115 Å². The van der Waals surface area contributed by atoms with Gasteiger partial charge in [0.15, 0.2) is 5.92 Å². The van der Waals surface area contributed by atoms with Crippen molar-refractivity contribution >= 4 is 11.9 Å². The van der Waals surface area contributed by atoms with Crippen LogP contribution < -0.4 is 0 Å². The minimum Gasteiger partial charge on any atom is -0.465 e. The van der Waals surface area contributed by atoms with Gasteiger partial charge >= 0.3 is 11.9 Å². The maximum Gasteiger partial charge on any atom is 0.320 e. The summed E-state index contributed by atoms with van der Waals surface area (Å²) in [6.07, 6.45) is 3.02. The maximum atomic E-state index is 11.8. The predicted molar refractivity (Wildman–Crippen MR) is 71.7 cm³/mol. The van der Waals surface area contributed by atoms with Crippen LogP contribution in [0.1, 0.15) is 46.5 Å². The first-order valence-electron chi connectivity index (χ1n) is 6.96. The highest BCUT2D eigenvalue weighted by Crippen LogP contribution is 2.17. The van der Waals surface area contributed by atoms with Crippen LogP contribution in [0.25, 0.3) is 0 Å². The van der Waals surface area contributed by atoms with Crippen LogP contribution in [0, 0.1) is 5.92 Å². The molecule has 0 N–H and O–H groups in total. The van der Waals surface area contributed by atoms with E-state index in [2.05, 4.69) is 6.92 Å². The number of rotatable bonds is 10. The highest BCUT2D eigenvalue weighted by molar-refractivity contribution is 5.94. The van der Waals surface area contributed by atoms with E-state index in [9.17, 15) is 9.59 Å². The number of hydrogen-bond acceptors (Lipinski definition) is 5. The van der Waals surface area contributed by atoms with Gasteiger partial charge in [-0.25, -0.2) is 0 Å². The molecular formula is C14H26O5. The molecule has 0 aliphatic carbocycles. The van der Waals surface area contributed by atoms with E-state index in [0.29, 0.717) is 12.8 Å². The molecule has 19 heavy (non-hydrogen) atoms. The molecule has 5 nitrogen and oxygen atoms in total. The lowest BCUT2D eigenvalue weighted by molar-refractivity contribution is -0.162. The van der Waals surface area contributed by atoms with Crippen LogP contribution in [0.3, 0.4) is 0 Å². The first-order valence-corrected chi connectivity index (χ1v) is 6.96. The second-order valence-electron chi connectivity index (χ2n) is 4.28. The quantitative estimate of drug-likeness (QED) is 0.452. The zero-order chi connectivity index (χ0) is 14.7. The Bertz CT molecular complexity index is 247. The SMILES string of the molecule is CCCC(CCC(C(=O)OCC)C(=O)OCC)OC. The van der Waals surface area contributed by atoms with Crippen LogP contribution in [0.4, 0.5) is 0 Å². The summed E-state index contributed by atoms with van der Waals surface area (Å²) < 4.78 is 15.1. The summed E-state index contributed by atoms with van der Waals surface area (Å²) in [6, 6.07) is 0. The highest BCUT2D eigenvalue weighted by Gasteiger charge is 2.29. The number of ether oxygens (including phenoxy) is 3. The molecule has 0 aromatic carbocycles. The Morgan fingerprint density at radius 3 is 1.79 bits per heavy atom. The van der Waals surface area contributed by atoms with E-state index in [1.165, 1.54) is 0 Å². The Morgan fingerprint density at radius 2 is 1.42 bits per heavy atom. The molecule has 0 saturated heterocycles. The molecule has 0 aliphatic rings. The van der Waals surface area contributed by atoms with Gasteiger partial charge in [-0.15, -0.1) is 0 Å². The lowest BCUT2D eigenvalue weighted by Gasteiger charge is -2.18. The Hall–Kier alpha value is -1.10. The molecular weight excluding hydrogens is 248 g/mol. The highest BCUT2D eigenvalue weighted by atomic mass is 16.6. The molecule has 1 atom stereocenters. The Kier molecular flexibility index (Phi) is 10.2. The summed E-state index contributed by atoms with van der Waals surface area (Å²) in [4.78, 5) is 23.5. The van der Waals surface area contributed by atoms with Crippen LogP contribution in [0.5, 0.6) is 0 Å². The molecule has 0 spiro atoms. The van der Waals surface area contributed by atoms with Crippen molar-refractivity contribution in [3.8, 4) is 0 Å². The van der Waals surface area contributed by atoms with Crippen molar-refractivity contribution < 1.29 is 23.8 Å². The summed E-state index contributed by atoms with van der Waals surface area (Å²) in [6.45, 7) is 6.03. The van der Waals surface area contributed by atoms with Gasteiger partial charge in [0.2, 0.25) is 0 Å². The second kappa shape index (κ2) is 10.8. The summed E-state index contributed by atoms with van der Waals surface area (Å²) in [5.74, 6) is -1.85.